The van der Waals surface area contributed by atoms with Crippen LogP contribution in [0.15, 0.2) is 5.29 Å². The average Bonchev–Trinajstić information content (AvgIpc) is 2.27. The zero-order valence-electron chi connectivity index (χ0n) is 10.1. The van der Waals surface area contributed by atoms with Crippen molar-refractivity contribution in [2.75, 3.05) is 13.1 Å². The second kappa shape index (κ2) is 7.20. The van der Waals surface area contributed by atoms with Gasteiger partial charge in [0.15, 0.2) is 0 Å². The number of rotatable bonds is 6. The van der Waals surface area contributed by atoms with Crippen molar-refractivity contribution >= 4 is 6.03 Å². The summed E-state index contributed by atoms with van der Waals surface area (Å²) < 4.78 is 0. The summed E-state index contributed by atoms with van der Waals surface area (Å²) in [6.45, 7) is 8.86. The minimum atomic E-state index is -0.288. The molecule has 0 aliphatic rings. The molecule has 0 unspecified atom stereocenters. The van der Waals surface area contributed by atoms with E-state index in [2.05, 4.69) is 5.29 Å². The first-order chi connectivity index (χ1) is 7.15. The van der Waals surface area contributed by atoms with Crippen LogP contribution < -0.4 is 0 Å². The van der Waals surface area contributed by atoms with Crippen LogP contribution in [0.5, 0.6) is 0 Å². The summed E-state index contributed by atoms with van der Waals surface area (Å²) in [4.78, 5) is 24.1. The summed E-state index contributed by atoms with van der Waals surface area (Å²) in [5, 5.41) is 3.90. The van der Waals surface area contributed by atoms with Gasteiger partial charge in [-0.15, -0.1) is 4.91 Å². The van der Waals surface area contributed by atoms with Crippen molar-refractivity contribution in [2.45, 2.75) is 46.6 Å². The zero-order valence-corrected chi connectivity index (χ0v) is 10.1. The van der Waals surface area contributed by atoms with Crippen LogP contribution in [-0.4, -0.2) is 35.1 Å². The molecule has 0 heterocycles. The molecule has 88 valence electrons. The Kier molecular flexibility index (Phi) is 6.66. The second-order valence-electron chi connectivity index (χ2n) is 3.35. The predicted octanol–water partition coefficient (Wildman–Crippen LogP) is 2.62. The summed E-state index contributed by atoms with van der Waals surface area (Å²) in [7, 11) is 0. The largest absolute Gasteiger partial charge is 0.343 e. The van der Waals surface area contributed by atoms with Gasteiger partial charge in [-0.2, -0.15) is 5.01 Å². The first-order valence-corrected chi connectivity index (χ1v) is 5.57. The van der Waals surface area contributed by atoms with Gasteiger partial charge in [0.2, 0.25) is 0 Å². The topological polar surface area (TPSA) is 53.0 Å². The van der Waals surface area contributed by atoms with E-state index in [0.717, 1.165) is 17.9 Å². The fourth-order valence-electron chi connectivity index (χ4n) is 1.53. The van der Waals surface area contributed by atoms with Crippen molar-refractivity contribution < 1.29 is 4.79 Å². The molecule has 0 fully saturated rings. The Hall–Kier alpha value is -1.13. The van der Waals surface area contributed by atoms with E-state index in [4.69, 9.17) is 0 Å². The van der Waals surface area contributed by atoms with E-state index in [1.54, 1.807) is 4.90 Å². The molecule has 5 nitrogen and oxygen atoms in total. The number of hydrogen-bond donors (Lipinski definition) is 0. The Morgan fingerprint density at radius 1 is 1.13 bits per heavy atom. The Morgan fingerprint density at radius 3 is 1.87 bits per heavy atom. The second-order valence-corrected chi connectivity index (χ2v) is 3.35. The van der Waals surface area contributed by atoms with Crippen LogP contribution in [0.4, 0.5) is 4.79 Å². The van der Waals surface area contributed by atoms with Crippen molar-refractivity contribution in [1.29, 1.82) is 0 Å². The molecular weight excluding hydrogens is 194 g/mol. The van der Waals surface area contributed by atoms with Gasteiger partial charge < -0.3 is 4.90 Å². The van der Waals surface area contributed by atoms with Gasteiger partial charge >= 0.3 is 6.03 Å². The molecule has 0 aliphatic heterocycles. The van der Waals surface area contributed by atoms with Crippen LogP contribution in [0.3, 0.4) is 0 Å². The first kappa shape index (κ1) is 13.9. The molecule has 0 bridgehead atoms. The summed E-state index contributed by atoms with van der Waals surface area (Å²) in [6, 6.07) is -0.376. The highest BCUT2D eigenvalue weighted by molar-refractivity contribution is 5.74. The summed E-state index contributed by atoms with van der Waals surface area (Å²) >= 11 is 0. The fourth-order valence-corrected chi connectivity index (χ4v) is 1.53. The lowest BCUT2D eigenvalue weighted by atomic mass is 10.2. The van der Waals surface area contributed by atoms with E-state index in [-0.39, 0.29) is 12.1 Å². The van der Waals surface area contributed by atoms with Crippen molar-refractivity contribution in [3.8, 4) is 0 Å². The molecule has 2 amide bonds. The van der Waals surface area contributed by atoms with Crippen LogP contribution in [0.25, 0.3) is 0 Å². The lowest BCUT2D eigenvalue weighted by Gasteiger charge is -2.28. The van der Waals surface area contributed by atoms with Gasteiger partial charge in [0.05, 0.1) is 11.3 Å². The Bertz CT molecular complexity index is 201. The van der Waals surface area contributed by atoms with Crippen LogP contribution in [0.1, 0.15) is 40.5 Å². The minimum absolute atomic E-state index is 0.0874. The van der Waals surface area contributed by atoms with Crippen molar-refractivity contribution in [3.63, 3.8) is 0 Å². The molecule has 0 aromatic rings. The van der Waals surface area contributed by atoms with Gasteiger partial charge in [-0.1, -0.05) is 13.8 Å². The smallest absolute Gasteiger partial charge is 0.324 e. The monoisotopic (exact) mass is 215 g/mol. The number of hydrogen-bond acceptors (Lipinski definition) is 3. The van der Waals surface area contributed by atoms with Crippen LogP contribution in [-0.2, 0) is 0 Å². The third kappa shape index (κ3) is 3.49. The quantitative estimate of drug-likeness (QED) is 0.505. The molecule has 0 N–H and O–H groups in total. The molecule has 0 aromatic heterocycles. The molecule has 0 radical (unpaired) electrons. The maximum absolute atomic E-state index is 11.9. The normalized spacial score (nSPS) is 10.2. The zero-order chi connectivity index (χ0) is 11.8. The van der Waals surface area contributed by atoms with Gasteiger partial charge in [-0.05, 0) is 26.7 Å². The molecule has 0 saturated carbocycles. The van der Waals surface area contributed by atoms with E-state index in [1.165, 1.54) is 0 Å². The number of urea groups is 1. The maximum atomic E-state index is 11.9. The standard InChI is InChI=1S/C10H21N3O2/c1-5-9(6-2)13(11-15)10(14)12(7-3)8-4/h9H,5-8H2,1-4H3. The number of amides is 2. The molecule has 0 spiro atoms. The Balaban J connectivity index is 4.64. The minimum Gasteiger partial charge on any atom is -0.324 e. The summed E-state index contributed by atoms with van der Waals surface area (Å²) in [5.41, 5.74) is 0. The lowest BCUT2D eigenvalue weighted by Crippen LogP contribution is -2.44. The highest BCUT2D eigenvalue weighted by Gasteiger charge is 2.25. The summed E-state index contributed by atoms with van der Waals surface area (Å²) in [6.07, 6.45) is 1.49. The number of nitroso groups, excluding NO2 is 1. The molecule has 0 atom stereocenters. The third-order valence-electron chi connectivity index (χ3n) is 2.61. The lowest BCUT2D eigenvalue weighted by molar-refractivity contribution is 0.134. The van der Waals surface area contributed by atoms with Crippen LogP contribution >= 0.6 is 0 Å². The average molecular weight is 215 g/mol. The third-order valence-corrected chi connectivity index (χ3v) is 2.61. The summed E-state index contributed by atoms with van der Waals surface area (Å²) in [5.74, 6) is 0. The van der Waals surface area contributed by atoms with Gasteiger partial charge in [0.25, 0.3) is 0 Å². The van der Waals surface area contributed by atoms with E-state index in [1.807, 2.05) is 27.7 Å². The molecule has 0 rings (SSSR count). The highest BCUT2D eigenvalue weighted by atomic mass is 16.3. The molecule has 5 heteroatoms. The van der Waals surface area contributed by atoms with Gasteiger partial charge in [0.1, 0.15) is 0 Å². The number of nitrogens with zero attached hydrogens (tertiary/aromatic N) is 3. The molecular formula is C10H21N3O2. The van der Waals surface area contributed by atoms with E-state index >= 15 is 0 Å². The fraction of sp³-hybridized carbons (Fsp3) is 0.900. The van der Waals surface area contributed by atoms with Gasteiger partial charge in [-0.3, -0.25) is 0 Å². The molecule has 15 heavy (non-hydrogen) atoms. The Morgan fingerprint density at radius 2 is 1.60 bits per heavy atom. The molecule has 0 aliphatic carbocycles. The van der Waals surface area contributed by atoms with E-state index < -0.39 is 0 Å². The van der Waals surface area contributed by atoms with E-state index in [9.17, 15) is 9.70 Å². The van der Waals surface area contributed by atoms with E-state index in [0.29, 0.717) is 13.1 Å². The number of carbonyl (C=O) groups is 1. The van der Waals surface area contributed by atoms with Crippen LogP contribution in [0.2, 0.25) is 0 Å². The predicted molar refractivity (Wildman–Crippen MR) is 60.3 cm³/mol. The SMILES string of the molecule is CCC(CC)N(N=O)C(=O)N(CC)CC. The van der Waals surface area contributed by atoms with Gasteiger partial charge in [0, 0.05) is 13.1 Å². The maximum Gasteiger partial charge on any atom is 0.343 e. The first-order valence-electron chi connectivity index (χ1n) is 5.57. The molecule has 0 saturated heterocycles. The van der Waals surface area contributed by atoms with Crippen LogP contribution in [0, 0.1) is 4.91 Å². The van der Waals surface area contributed by atoms with Crippen molar-refractivity contribution in [1.82, 2.24) is 9.91 Å². The highest BCUT2D eigenvalue weighted by Crippen LogP contribution is 2.11. The molecule has 0 aromatic carbocycles. The van der Waals surface area contributed by atoms with Gasteiger partial charge in [-0.25, -0.2) is 4.79 Å². The van der Waals surface area contributed by atoms with Crippen molar-refractivity contribution in [3.05, 3.63) is 4.91 Å². The van der Waals surface area contributed by atoms with Crippen molar-refractivity contribution in [2.24, 2.45) is 5.29 Å². The number of carbonyl (C=O) groups excluding carboxylic acids is 1. The Labute approximate surface area is 91.4 Å².